The monoisotopic (exact) mass is 197 g/mol. The van der Waals surface area contributed by atoms with Gasteiger partial charge < -0.3 is 4.55 Å². The minimum atomic E-state index is -0.933. The van der Waals surface area contributed by atoms with Crippen LogP contribution in [0.2, 0.25) is 0 Å². The molecule has 0 heterocycles. The van der Waals surface area contributed by atoms with Crippen LogP contribution in [0.5, 0.6) is 0 Å². The molecule has 0 aromatic heterocycles. The molecule has 0 fully saturated rings. The zero-order valence-electron chi connectivity index (χ0n) is 7.44. The summed E-state index contributed by atoms with van der Waals surface area (Å²) < 4.78 is 11.1. The molecule has 0 amide bonds. The maximum atomic E-state index is 11.1. The highest BCUT2D eigenvalue weighted by molar-refractivity contribution is 7.91. The second-order valence-corrected chi connectivity index (χ2v) is 4.48. The average Bonchev–Trinajstić information content (AvgIpc) is 2.17. The lowest BCUT2D eigenvalue weighted by Crippen LogP contribution is -2.15. The number of benzene rings is 1. The van der Waals surface area contributed by atoms with Crippen LogP contribution in [0.3, 0.4) is 0 Å². The summed E-state index contributed by atoms with van der Waals surface area (Å²) in [6.45, 7) is -0.235. The van der Waals surface area contributed by atoms with E-state index < -0.39 is 11.2 Å². The van der Waals surface area contributed by atoms with Crippen LogP contribution in [0.1, 0.15) is 5.56 Å². The molecule has 0 spiro atoms. The molecule has 1 aromatic rings. The van der Waals surface area contributed by atoms with Crippen LogP contribution in [-0.2, 0) is 22.7 Å². The molecule has 1 aromatic carbocycles. The number of aryl methyl sites for hydroxylation is 1. The highest BCUT2D eigenvalue weighted by Crippen LogP contribution is 2.02. The maximum absolute atomic E-state index is 11.1. The Hall–Kier alpha value is -0.510. The van der Waals surface area contributed by atoms with Crippen LogP contribution in [0, 0.1) is 0 Å². The molecule has 71 valence electrons. The summed E-state index contributed by atoms with van der Waals surface area (Å²) in [5.74, 6) is 0.888. The van der Waals surface area contributed by atoms with Crippen molar-refractivity contribution in [2.75, 3.05) is 18.1 Å². The van der Waals surface area contributed by atoms with E-state index in [0.717, 1.165) is 6.42 Å². The molecular weight excluding hydrogens is 184 g/mol. The van der Waals surface area contributed by atoms with Crippen molar-refractivity contribution < 1.29 is 9.66 Å². The Labute approximate surface area is 81.8 Å². The SMILES string of the molecule is [O]CC[S+]([O-])CCc1ccccc1. The van der Waals surface area contributed by atoms with E-state index in [1.807, 2.05) is 30.3 Å². The normalized spacial score (nSPS) is 12.8. The van der Waals surface area contributed by atoms with E-state index in [2.05, 4.69) is 0 Å². The average molecular weight is 197 g/mol. The summed E-state index contributed by atoms with van der Waals surface area (Å²) in [4.78, 5) is 0. The Morgan fingerprint density at radius 1 is 1.15 bits per heavy atom. The molecule has 0 bridgehead atoms. The predicted octanol–water partition coefficient (Wildman–Crippen LogP) is 1.41. The van der Waals surface area contributed by atoms with Crippen molar-refractivity contribution in [1.29, 1.82) is 0 Å². The number of rotatable bonds is 5. The highest BCUT2D eigenvalue weighted by Gasteiger charge is 2.04. The Bertz CT molecular complexity index is 226. The van der Waals surface area contributed by atoms with E-state index in [1.165, 1.54) is 5.56 Å². The molecule has 2 nitrogen and oxygen atoms in total. The molecule has 0 aliphatic heterocycles. The van der Waals surface area contributed by atoms with Crippen molar-refractivity contribution in [1.82, 2.24) is 0 Å². The van der Waals surface area contributed by atoms with Crippen molar-refractivity contribution in [3.05, 3.63) is 35.9 Å². The first kappa shape index (κ1) is 10.6. The largest absolute Gasteiger partial charge is 0.616 e. The van der Waals surface area contributed by atoms with Gasteiger partial charge in [-0.3, -0.25) is 0 Å². The van der Waals surface area contributed by atoms with Gasteiger partial charge in [0.15, 0.2) is 0 Å². The van der Waals surface area contributed by atoms with Gasteiger partial charge in [0.05, 0.1) is 0 Å². The van der Waals surface area contributed by atoms with E-state index >= 15 is 0 Å². The molecule has 1 radical (unpaired) electrons. The van der Waals surface area contributed by atoms with Gasteiger partial charge in [-0.2, -0.15) is 0 Å². The van der Waals surface area contributed by atoms with Crippen molar-refractivity contribution in [3.63, 3.8) is 0 Å². The maximum Gasteiger partial charge on any atom is 0.132 e. The molecule has 1 unspecified atom stereocenters. The minimum Gasteiger partial charge on any atom is -0.616 e. The molecule has 0 aliphatic rings. The first-order chi connectivity index (χ1) is 6.33. The van der Waals surface area contributed by atoms with Gasteiger partial charge in [-0.05, 0) is 5.56 Å². The van der Waals surface area contributed by atoms with Crippen LogP contribution in [-0.4, -0.2) is 22.7 Å². The lowest BCUT2D eigenvalue weighted by Gasteiger charge is -2.08. The second-order valence-electron chi connectivity index (χ2n) is 2.79. The summed E-state index contributed by atoms with van der Waals surface area (Å²) in [7, 11) is 0. The molecule has 3 heteroatoms. The van der Waals surface area contributed by atoms with Crippen molar-refractivity contribution in [2.45, 2.75) is 6.42 Å². The van der Waals surface area contributed by atoms with Gasteiger partial charge in [0.2, 0.25) is 0 Å². The first-order valence-electron chi connectivity index (χ1n) is 4.30. The zero-order chi connectivity index (χ0) is 9.52. The van der Waals surface area contributed by atoms with Gasteiger partial charge in [-0.1, -0.05) is 41.5 Å². The quantitative estimate of drug-likeness (QED) is 0.658. The predicted molar refractivity (Wildman–Crippen MR) is 53.6 cm³/mol. The lowest BCUT2D eigenvalue weighted by atomic mass is 10.2. The number of hydrogen-bond donors (Lipinski definition) is 0. The van der Waals surface area contributed by atoms with Gasteiger partial charge in [0.25, 0.3) is 0 Å². The van der Waals surface area contributed by atoms with Crippen LogP contribution in [0.4, 0.5) is 0 Å². The summed E-state index contributed by atoms with van der Waals surface area (Å²) >= 11 is -0.933. The molecular formula is C10H13O2S. The van der Waals surface area contributed by atoms with Crippen LogP contribution < -0.4 is 0 Å². The summed E-state index contributed by atoms with van der Waals surface area (Å²) in [6, 6.07) is 9.90. The molecule has 1 atom stereocenters. The lowest BCUT2D eigenvalue weighted by molar-refractivity contribution is 0.213. The third-order valence-electron chi connectivity index (χ3n) is 1.77. The Balaban J connectivity index is 2.27. The van der Waals surface area contributed by atoms with E-state index in [1.54, 1.807) is 0 Å². The second kappa shape index (κ2) is 6.02. The summed E-state index contributed by atoms with van der Waals surface area (Å²) in [5, 5.41) is 10.2. The van der Waals surface area contributed by atoms with E-state index in [4.69, 9.17) is 0 Å². The Kier molecular flexibility index (Phi) is 4.90. The molecule has 0 saturated carbocycles. The fourth-order valence-electron chi connectivity index (χ4n) is 1.07. The van der Waals surface area contributed by atoms with Gasteiger partial charge in [-0.25, -0.2) is 5.11 Å². The smallest absolute Gasteiger partial charge is 0.132 e. The molecule has 0 N–H and O–H groups in total. The van der Waals surface area contributed by atoms with Crippen molar-refractivity contribution in [3.8, 4) is 0 Å². The van der Waals surface area contributed by atoms with E-state index in [-0.39, 0.29) is 12.4 Å². The molecule has 1 rings (SSSR count). The number of hydrogen-bond acceptors (Lipinski definition) is 1. The fourth-order valence-corrected chi connectivity index (χ4v) is 1.92. The van der Waals surface area contributed by atoms with Crippen LogP contribution in [0.25, 0.3) is 0 Å². The van der Waals surface area contributed by atoms with Gasteiger partial charge >= 0.3 is 0 Å². The summed E-state index contributed by atoms with van der Waals surface area (Å²) in [5.41, 5.74) is 1.18. The zero-order valence-corrected chi connectivity index (χ0v) is 8.26. The highest BCUT2D eigenvalue weighted by atomic mass is 32.2. The van der Waals surface area contributed by atoms with Crippen LogP contribution in [0.15, 0.2) is 30.3 Å². The third-order valence-corrected chi connectivity index (χ3v) is 3.05. The minimum absolute atomic E-state index is 0.235. The van der Waals surface area contributed by atoms with Gasteiger partial charge in [0.1, 0.15) is 18.1 Å². The standard InChI is InChI=1S/C10H13O2S/c11-7-9-13(12)8-6-10-4-2-1-3-5-10/h1-5H,6-9H2. The first-order valence-corrected chi connectivity index (χ1v) is 5.78. The molecule has 0 aliphatic carbocycles. The fraction of sp³-hybridized carbons (Fsp3) is 0.400. The third kappa shape index (κ3) is 4.31. The molecule has 13 heavy (non-hydrogen) atoms. The topological polar surface area (TPSA) is 43.0 Å². The Morgan fingerprint density at radius 2 is 1.85 bits per heavy atom. The van der Waals surface area contributed by atoms with Crippen LogP contribution >= 0.6 is 0 Å². The van der Waals surface area contributed by atoms with Crippen molar-refractivity contribution in [2.24, 2.45) is 0 Å². The van der Waals surface area contributed by atoms with E-state index in [9.17, 15) is 9.66 Å². The molecule has 0 saturated heterocycles. The van der Waals surface area contributed by atoms with E-state index in [0.29, 0.717) is 5.75 Å². The summed E-state index contributed by atoms with van der Waals surface area (Å²) in [6.07, 6.45) is 0.799. The van der Waals surface area contributed by atoms with Gasteiger partial charge in [-0.15, -0.1) is 0 Å². The van der Waals surface area contributed by atoms with Crippen molar-refractivity contribution >= 4 is 11.2 Å². The van der Waals surface area contributed by atoms with Gasteiger partial charge in [0, 0.05) is 6.42 Å². The Morgan fingerprint density at radius 3 is 2.46 bits per heavy atom.